The van der Waals surface area contributed by atoms with Crippen LogP contribution in [-0.4, -0.2) is 282 Å². The van der Waals surface area contributed by atoms with Gasteiger partial charge in [0.1, 0.15) is 116 Å². The van der Waals surface area contributed by atoms with Crippen LogP contribution in [0.5, 0.6) is 0 Å². The number of ether oxygens (including phenoxy) is 11. The number of rotatable bonds is 14. The molecule has 5 saturated carbocycles. The van der Waals surface area contributed by atoms with Crippen molar-refractivity contribution in [2.24, 2.45) is 50.2 Å². The van der Waals surface area contributed by atoms with E-state index in [9.17, 15) is 81.4 Å². The third-order valence-corrected chi connectivity index (χ3v) is 24.1. The molecule has 6 saturated heterocycles. The van der Waals surface area contributed by atoms with Gasteiger partial charge in [0.15, 0.2) is 31.5 Å². The smallest absolute Gasteiger partial charge is 0.187 e. The molecule has 85 heavy (non-hydrogen) atoms. The number of aldehydes is 1. The summed E-state index contributed by atoms with van der Waals surface area (Å²) in [5, 5.41) is 165. The zero-order valence-corrected chi connectivity index (χ0v) is 49.2. The van der Waals surface area contributed by atoms with Crippen LogP contribution in [0.3, 0.4) is 0 Å². The highest BCUT2D eigenvalue weighted by Gasteiger charge is 2.80. The van der Waals surface area contributed by atoms with E-state index in [1.807, 2.05) is 6.92 Å². The zero-order chi connectivity index (χ0) is 61.5. The molecule has 6 aliphatic heterocycles. The van der Waals surface area contributed by atoms with Crippen molar-refractivity contribution in [2.75, 3.05) is 39.6 Å². The van der Waals surface area contributed by atoms with Gasteiger partial charge in [-0.15, -0.1) is 0 Å². The van der Waals surface area contributed by atoms with Gasteiger partial charge in [-0.05, 0) is 98.2 Å². The van der Waals surface area contributed by atoms with Crippen LogP contribution in [0.15, 0.2) is 0 Å². The fourth-order valence-electron chi connectivity index (χ4n) is 18.9. The average molecular weight is 1220 g/mol. The van der Waals surface area contributed by atoms with Gasteiger partial charge in [0, 0.05) is 16.2 Å². The van der Waals surface area contributed by atoms with Gasteiger partial charge in [-0.2, -0.15) is 0 Å². The standard InChI is InChI=1S/C58H94O27/c1-52(2)29-7-11-55(5)30(8-12-58-31-15-53(3,22-62)13-14-57(31,23-77-58)32(64)16-56(55,58)6)54(29,4)10-9-33(52)82-49-44(85-51-46(41(72)37(68)27(19-61)80-51)84-48-43(74)39(70)35(66)25(17-59)78-48)38(69)28(21-76-49)81-50-45(40(71)36(67)26(18-60)79-50)83-47-42(73)34(65)24(63)20-75-47/h22,24-51,59-61,63-74H,7-21,23H2,1-6H3/t24-,25+,26-,27+,28-,29+,30-,31-,32-,33+,34+,35+,36-,37+,38+,39-,40+,41-,42-,43+,44-,45-,46+,47+,48-,49+,50+,51-,53-,54-,55+,56+,57+,58-/m0/s1. The van der Waals surface area contributed by atoms with Crippen molar-refractivity contribution in [1.29, 1.82) is 0 Å². The van der Waals surface area contributed by atoms with Gasteiger partial charge in [0.2, 0.25) is 0 Å². The van der Waals surface area contributed by atoms with Crippen LogP contribution in [0.25, 0.3) is 0 Å². The summed E-state index contributed by atoms with van der Waals surface area (Å²) in [6, 6.07) is 0. The minimum atomic E-state index is -2.02. The summed E-state index contributed by atoms with van der Waals surface area (Å²) in [6.45, 7) is 10.3. The van der Waals surface area contributed by atoms with E-state index in [0.717, 1.165) is 38.4 Å². The van der Waals surface area contributed by atoms with Gasteiger partial charge in [-0.3, -0.25) is 0 Å². The minimum absolute atomic E-state index is 0.0296. The Kier molecular flexibility index (Phi) is 18.1. The van der Waals surface area contributed by atoms with Gasteiger partial charge in [0.05, 0.1) is 57.5 Å². The monoisotopic (exact) mass is 1220 g/mol. The first-order valence-corrected chi connectivity index (χ1v) is 30.6. The maximum absolute atomic E-state index is 12.7. The molecule has 27 heteroatoms. The van der Waals surface area contributed by atoms with Crippen molar-refractivity contribution in [3.05, 3.63) is 0 Å². The molecule has 0 radical (unpaired) electrons. The predicted octanol–water partition coefficient (Wildman–Crippen LogP) is -4.07. The lowest BCUT2D eigenvalue weighted by atomic mass is 9.30. The van der Waals surface area contributed by atoms with Crippen LogP contribution in [-0.2, 0) is 56.9 Å². The Morgan fingerprint density at radius 3 is 1.65 bits per heavy atom. The molecule has 15 N–H and O–H groups in total. The Hall–Kier alpha value is -1.37. The number of hydrogen-bond acceptors (Lipinski definition) is 27. The Balaban J connectivity index is 0.885. The van der Waals surface area contributed by atoms with Crippen LogP contribution in [0.2, 0.25) is 0 Å². The summed E-state index contributed by atoms with van der Waals surface area (Å²) >= 11 is 0. The molecule has 11 rings (SSSR count). The van der Waals surface area contributed by atoms with E-state index < -0.39 is 214 Å². The van der Waals surface area contributed by atoms with Crippen LogP contribution < -0.4 is 0 Å². The lowest BCUT2D eigenvalue weighted by molar-refractivity contribution is -0.403. The fourth-order valence-corrected chi connectivity index (χ4v) is 18.9. The molecule has 11 aliphatic rings. The van der Waals surface area contributed by atoms with E-state index in [1.54, 1.807) is 0 Å². The number of aliphatic hydroxyl groups is 15. The number of aliphatic hydroxyl groups excluding tert-OH is 15. The minimum Gasteiger partial charge on any atom is -0.394 e. The predicted molar refractivity (Wildman–Crippen MR) is 283 cm³/mol. The van der Waals surface area contributed by atoms with E-state index in [2.05, 4.69) is 34.6 Å². The summed E-state index contributed by atoms with van der Waals surface area (Å²) in [4.78, 5) is 12.7. The lowest BCUT2D eigenvalue weighted by Gasteiger charge is -2.75. The third-order valence-electron chi connectivity index (χ3n) is 24.1. The molecule has 27 nitrogen and oxygen atoms in total. The van der Waals surface area contributed by atoms with Crippen molar-refractivity contribution in [1.82, 2.24) is 0 Å². The van der Waals surface area contributed by atoms with E-state index in [0.29, 0.717) is 38.7 Å². The number of carbonyl (C=O) groups excluding carboxylic acids is 1. The van der Waals surface area contributed by atoms with Crippen molar-refractivity contribution < 1.29 is 133 Å². The average Bonchev–Trinajstić information content (AvgIpc) is 1.63. The quantitative estimate of drug-likeness (QED) is 0.0581. The first-order chi connectivity index (χ1) is 40.0. The maximum Gasteiger partial charge on any atom is 0.187 e. The molecular formula is C58H94O27. The van der Waals surface area contributed by atoms with Crippen molar-refractivity contribution in [3.63, 3.8) is 0 Å². The second-order valence-corrected chi connectivity index (χ2v) is 28.6. The molecule has 0 aromatic rings. The number of hydrogen-bond donors (Lipinski definition) is 15. The van der Waals surface area contributed by atoms with Gasteiger partial charge in [-0.1, -0.05) is 41.5 Å². The summed E-state index contributed by atoms with van der Waals surface area (Å²) in [6.07, 6.45) is -33.9. The molecule has 0 aromatic heterocycles. The molecule has 5 aliphatic carbocycles. The molecule has 0 aromatic carbocycles. The van der Waals surface area contributed by atoms with Crippen LogP contribution in [0.1, 0.15) is 106 Å². The molecule has 11 fully saturated rings. The normalized spacial score (nSPS) is 57.6. The van der Waals surface area contributed by atoms with Gasteiger partial charge in [0.25, 0.3) is 0 Å². The van der Waals surface area contributed by atoms with Gasteiger partial charge < -0.3 is 133 Å². The highest BCUT2D eigenvalue weighted by atomic mass is 16.8. The van der Waals surface area contributed by atoms with Gasteiger partial charge >= 0.3 is 0 Å². The largest absolute Gasteiger partial charge is 0.394 e. The molecule has 0 amide bonds. The van der Waals surface area contributed by atoms with Crippen molar-refractivity contribution in [2.45, 2.75) is 265 Å². The van der Waals surface area contributed by atoms with Gasteiger partial charge in [-0.25, -0.2) is 0 Å². The topological polar surface area (TPSA) is 422 Å². The summed E-state index contributed by atoms with van der Waals surface area (Å²) in [5.74, 6) is 0.263. The number of fused-ring (bicyclic) bond motifs is 4. The Bertz CT molecular complexity index is 2340. The Morgan fingerprint density at radius 2 is 1.02 bits per heavy atom. The second kappa shape index (κ2) is 23.6. The Labute approximate surface area is 493 Å². The van der Waals surface area contributed by atoms with E-state index in [1.165, 1.54) is 0 Å². The summed E-state index contributed by atoms with van der Waals surface area (Å²) in [5.41, 5.74) is -2.99. The zero-order valence-electron chi connectivity index (χ0n) is 49.2. The first kappa shape index (κ1) is 65.1. The molecule has 1 spiro atoms. The lowest BCUT2D eigenvalue weighted by Crippen LogP contribution is -2.74. The van der Waals surface area contributed by atoms with Crippen LogP contribution in [0.4, 0.5) is 0 Å². The molecule has 6 heterocycles. The van der Waals surface area contributed by atoms with Crippen molar-refractivity contribution in [3.8, 4) is 0 Å². The maximum atomic E-state index is 12.7. The summed E-state index contributed by atoms with van der Waals surface area (Å²) in [7, 11) is 0. The summed E-state index contributed by atoms with van der Waals surface area (Å²) < 4.78 is 68.5. The van der Waals surface area contributed by atoms with E-state index >= 15 is 0 Å². The highest BCUT2D eigenvalue weighted by molar-refractivity contribution is 5.59. The molecule has 34 atom stereocenters. The Morgan fingerprint density at radius 1 is 0.482 bits per heavy atom. The molecule has 2 bridgehead atoms. The van der Waals surface area contributed by atoms with E-state index in [-0.39, 0.29) is 28.6 Å². The van der Waals surface area contributed by atoms with E-state index in [4.69, 9.17) is 52.1 Å². The molecule has 488 valence electrons. The molecular weight excluding hydrogens is 1130 g/mol. The fraction of sp³-hybridized carbons (Fsp3) is 0.983. The molecule has 0 unspecified atom stereocenters. The second-order valence-electron chi connectivity index (χ2n) is 28.6. The van der Waals surface area contributed by atoms with Crippen LogP contribution in [0, 0.1) is 50.2 Å². The van der Waals surface area contributed by atoms with Crippen LogP contribution >= 0.6 is 0 Å². The highest BCUT2D eigenvalue weighted by Crippen LogP contribution is 2.80. The first-order valence-electron chi connectivity index (χ1n) is 30.6. The third kappa shape index (κ3) is 10.2. The SMILES string of the molecule is CC1(C)[C@H]2CC[C@]3(C)[C@@H](CC[C@]45OC[C@@]6(CC[C@](C)(C=O)C[C@@H]64)[C@@H](O)C[C@@]53C)[C@@]2(C)CC[C@H]1O[C@H]1OC[C@H](O[C@H]2O[C@@H](CO)[C@H](O)[C@@H](O)[C@@H]2O[C@H]2OC[C@H](O)[C@@H](O)[C@@H]2O)[C@@H](O)[C@@H]1O[C@@H]1O[C@H](CO)[C@@H](O)[C@H](O)[C@H]1O[C@@H]1O[C@H](CO)[C@@H](O)[C@H](O)[C@H]1O. The number of carbonyl (C=O) groups is 1. The van der Waals surface area contributed by atoms with Crippen molar-refractivity contribution >= 4 is 6.29 Å².